The molecule has 0 aromatic heterocycles. The highest BCUT2D eigenvalue weighted by molar-refractivity contribution is 6.20. The van der Waals surface area contributed by atoms with Crippen LogP contribution in [0.1, 0.15) is 11.1 Å². The van der Waals surface area contributed by atoms with Crippen molar-refractivity contribution >= 4 is 12.2 Å². The normalized spacial score (nSPS) is 11.2. The van der Waals surface area contributed by atoms with Crippen molar-refractivity contribution in [2.75, 3.05) is 7.11 Å². The van der Waals surface area contributed by atoms with Gasteiger partial charge in [-0.2, -0.15) is 0 Å². The summed E-state index contributed by atoms with van der Waals surface area (Å²) in [7, 11) is 1.26. The van der Waals surface area contributed by atoms with Crippen LogP contribution < -0.4 is 0 Å². The number of ether oxygens (including phenoxy) is 1. The van der Waals surface area contributed by atoms with Crippen LogP contribution in [0.4, 0.5) is 0 Å². The third-order valence-corrected chi connectivity index (χ3v) is 1.88. The molecule has 1 aromatic rings. The molecule has 0 saturated heterocycles. The number of carbonyl (C=O) groups excluding carboxylic acids is 1. The molecule has 0 fully saturated rings. The molecule has 0 aliphatic carbocycles. The number of carbonyl (C=O) groups is 1. The van der Waals surface area contributed by atoms with Crippen molar-refractivity contribution < 1.29 is 19.5 Å². The van der Waals surface area contributed by atoms with E-state index in [4.69, 9.17) is 0 Å². The molecule has 1 rings (SSSR count). The topological polar surface area (TPSA) is 49.5 Å². The van der Waals surface area contributed by atoms with Crippen LogP contribution in [0.15, 0.2) is 24.3 Å². The fraction of sp³-hybridized carbons (Fsp3) is 0.273. The average Bonchev–Trinajstić information content (AvgIpc) is 2.17. The smallest absolute Gasteiger partial charge is 0.399 e. The fourth-order valence-corrected chi connectivity index (χ4v) is 1.22. The van der Waals surface area contributed by atoms with Gasteiger partial charge in [-0.1, -0.05) is 23.8 Å². The summed E-state index contributed by atoms with van der Waals surface area (Å²) in [5.74, 6) is -0.579. The van der Waals surface area contributed by atoms with Gasteiger partial charge < -0.3 is 4.74 Å². The van der Waals surface area contributed by atoms with Gasteiger partial charge in [-0.25, -0.2) is 4.79 Å². The summed E-state index contributed by atoms with van der Waals surface area (Å²) in [6.07, 6.45) is 1.00. The summed E-state index contributed by atoms with van der Waals surface area (Å²) in [5.41, 5.74) is 2.04. The number of hydroxylamine groups is 1. The maximum absolute atomic E-state index is 10.8. The van der Waals surface area contributed by atoms with E-state index in [-0.39, 0.29) is 6.54 Å². The van der Waals surface area contributed by atoms with Gasteiger partial charge in [0.2, 0.25) is 6.54 Å². The SMILES string of the molecule is COC(=O)/C=[N+](/O)Cc1cccc(C)c1. The third-order valence-electron chi connectivity index (χ3n) is 1.88. The molecular weight excluding hydrogens is 194 g/mol. The van der Waals surface area contributed by atoms with Crippen LogP contribution in [0, 0.1) is 6.92 Å². The molecule has 4 heteroatoms. The summed E-state index contributed by atoms with van der Waals surface area (Å²) in [6, 6.07) is 7.68. The highest BCUT2D eigenvalue weighted by Gasteiger charge is 2.08. The molecule has 0 saturated carbocycles. The van der Waals surface area contributed by atoms with E-state index in [2.05, 4.69) is 4.74 Å². The summed E-state index contributed by atoms with van der Waals surface area (Å²) in [5, 5.41) is 9.37. The molecule has 0 unspecified atom stereocenters. The van der Waals surface area contributed by atoms with Gasteiger partial charge in [-0.05, 0) is 17.7 Å². The fourth-order valence-electron chi connectivity index (χ4n) is 1.22. The highest BCUT2D eigenvalue weighted by atomic mass is 16.5. The molecule has 0 bridgehead atoms. The first kappa shape index (κ1) is 11.2. The zero-order valence-electron chi connectivity index (χ0n) is 8.80. The first-order chi connectivity index (χ1) is 7.11. The molecule has 0 heterocycles. The third kappa shape index (κ3) is 3.81. The second-order valence-electron chi connectivity index (χ2n) is 3.24. The van der Waals surface area contributed by atoms with Gasteiger partial charge in [-0.3, -0.25) is 5.21 Å². The second-order valence-corrected chi connectivity index (χ2v) is 3.24. The Morgan fingerprint density at radius 2 is 2.33 bits per heavy atom. The van der Waals surface area contributed by atoms with E-state index in [1.165, 1.54) is 7.11 Å². The van der Waals surface area contributed by atoms with Crippen LogP contribution in [0.3, 0.4) is 0 Å². The first-order valence-corrected chi connectivity index (χ1v) is 4.55. The highest BCUT2D eigenvalue weighted by Crippen LogP contribution is 2.04. The summed E-state index contributed by atoms with van der Waals surface area (Å²) in [6.45, 7) is 2.23. The molecule has 0 amide bonds. The summed E-state index contributed by atoms with van der Waals surface area (Å²) in [4.78, 5) is 10.8. The Bertz CT molecular complexity index is 385. The van der Waals surface area contributed by atoms with Gasteiger partial charge in [0, 0.05) is 5.56 Å². The van der Waals surface area contributed by atoms with Gasteiger partial charge in [-0.15, -0.1) is 0 Å². The van der Waals surface area contributed by atoms with E-state index in [1.807, 2.05) is 31.2 Å². The lowest BCUT2D eigenvalue weighted by molar-refractivity contribution is -0.783. The minimum atomic E-state index is -0.579. The molecule has 0 spiro atoms. The molecule has 1 aromatic carbocycles. The average molecular weight is 208 g/mol. The Morgan fingerprint density at radius 1 is 1.60 bits per heavy atom. The first-order valence-electron chi connectivity index (χ1n) is 4.55. The van der Waals surface area contributed by atoms with Crippen molar-refractivity contribution in [1.29, 1.82) is 0 Å². The number of methoxy groups -OCH3 is 1. The van der Waals surface area contributed by atoms with Crippen molar-refractivity contribution in [3.05, 3.63) is 35.4 Å². The molecule has 1 N–H and O–H groups in total. The predicted molar refractivity (Wildman–Crippen MR) is 55.0 cm³/mol. The van der Waals surface area contributed by atoms with Crippen molar-refractivity contribution in [2.24, 2.45) is 0 Å². The zero-order chi connectivity index (χ0) is 11.3. The van der Waals surface area contributed by atoms with E-state index >= 15 is 0 Å². The lowest BCUT2D eigenvalue weighted by Gasteiger charge is -1.97. The second kappa shape index (κ2) is 5.14. The molecule has 15 heavy (non-hydrogen) atoms. The number of nitrogens with zero attached hydrogens (tertiary/aromatic N) is 1. The minimum absolute atomic E-state index is 0.261. The molecule has 0 aliphatic heterocycles. The Morgan fingerprint density at radius 3 is 2.93 bits per heavy atom. The lowest BCUT2D eigenvalue weighted by Crippen LogP contribution is -2.15. The lowest BCUT2D eigenvalue weighted by atomic mass is 10.1. The van der Waals surface area contributed by atoms with Crippen molar-refractivity contribution in [1.82, 2.24) is 0 Å². The standard InChI is InChI=1S/C11H14NO3/c1-9-4-3-5-10(6-9)7-12(14)8-11(13)15-2/h3-6,8,14H,7H2,1-2H3/q+1/b12-8+. The van der Waals surface area contributed by atoms with Crippen LogP contribution in [-0.2, 0) is 16.1 Å². The Kier molecular flexibility index (Phi) is 3.85. The maximum Gasteiger partial charge on any atom is 0.399 e. The zero-order valence-corrected chi connectivity index (χ0v) is 8.80. The van der Waals surface area contributed by atoms with Crippen molar-refractivity contribution in [3.8, 4) is 0 Å². The molecule has 0 radical (unpaired) electrons. The number of aryl methyl sites for hydroxylation is 1. The number of hydrogen-bond donors (Lipinski definition) is 1. The molecular formula is C11H14NO3+. The Labute approximate surface area is 88.4 Å². The largest absolute Gasteiger partial charge is 0.461 e. The molecule has 4 nitrogen and oxygen atoms in total. The monoisotopic (exact) mass is 208 g/mol. The van der Waals surface area contributed by atoms with Gasteiger partial charge in [0.15, 0.2) is 0 Å². The quantitative estimate of drug-likeness (QED) is 0.266. The number of hydrogen-bond acceptors (Lipinski definition) is 3. The van der Waals surface area contributed by atoms with Crippen molar-refractivity contribution in [3.63, 3.8) is 0 Å². The molecule has 0 aliphatic rings. The van der Waals surface area contributed by atoms with Gasteiger partial charge in [0.25, 0.3) is 6.21 Å². The van der Waals surface area contributed by atoms with Gasteiger partial charge in [0.05, 0.1) is 7.11 Å². The van der Waals surface area contributed by atoms with Crippen LogP contribution in [-0.4, -0.2) is 29.2 Å². The minimum Gasteiger partial charge on any atom is -0.461 e. The van der Waals surface area contributed by atoms with Gasteiger partial charge in [0.1, 0.15) is 0 Å². The van der Waals surface area contributed by atoms with Crippen LogP contribution in [0.25, 0.3) is 0 Å². The Balaban J connectivity index is 2.70. The van der Waals surface area contributed by atoms with Crippen LogP contribution >= 0.6 is 0 Å². The number of rotatable bonds is 3. The number of esters is 1. The summed E-state index contributed by atoms with van der Waals surface area (Å²) >= 11 is 0. The Hall–Kier alpha value is -1.84. The van der Waals surface area contributed by atoms with E-state index in [9.17, 15) is 10.0 Å². The van der Waals surface area contributed by atoms with E-state index < -0.39 is 5.97 Å². The van der Waals surface area contributed by atoms with Crippen LogP contribution in [0.5, 0.6) is 0 Å². The molecule has 80 valence electrons. The summed E-state index contributed by atoms with van der Waals surface area (Å²) < 4.78 is 5.19. The maximum atomic E-state index is 10.8. The van der Waals surface area contributed by atoms with E-state index in [0.29, 0.717) is 0 Å². The van der Waals surface area contributed by atoms with Crippen LogP contribution in [0.2, 0.25) is 0 Å². The van der Waals surface area contributed by atoms with Crippen molar-refractivity contribution in [2.45, 2.75) is 13.5 Å². The van der Waals surface area contributed by atoms with E-state index in [1.54, 1.807) is 0 Å². The predicted octanol–water partition coefficient (Wildman–Crippen LogP) is 1.14. The van der Waals surface area contributed by atoms with E-state index in [0.717, 1.165) is 22.1 Å². The number of benzene rings is 1. The molecule has 0 atom stereocenters. The van der Waals surface area contributed by atoms with Gasteiger partial charge >= 0.3 is 5.97 Å².